The third-order valence-corrected chi connectivity index (χ3v) is 2.82. The van der Waals surface area contributed by atoms with E-state index in [9.17, 15) is 0 Å². The van der Waals surface area contributed by atoms with Crippen molar-refractivity contribution in [3.05, 3.63) is 29.8 Å². The van der Waals surface area contributed by atoms with Crippen LogP contribution in [0.25, 0.3) is 0 Å². The lowest BCUT2D eigenvalue weighted by molar-refractivity contribution is 0.188. The summed E-state index contributed by atoms with van der Waals surface area (Å²) in [5, 5.41) is 3.37. The number of rotatable bonds is 9. The minimum Gasteiger partial charge on any atom is -0.489 e. The van der Waals surface area contributed by atoms with Crippen LogP contribution in [0.5, 0.6) is 5.75 Å². The van der Waals surface area contributed by atoms with Crippen molar-refractivity contribution in [2.75, 3.05) is 26.8 Å². The Morgan fingerprint density at radius 2 is 2.06 bits per heavy atom. The van der Waals surface area contributed by atoms with Crippen LogP contribution in [0.3, 0.4) is 0 Å². The monoisotopic (exact) mass is 251 g/mol. The van der Waals surface area contributed by atoms with Gasteiger partial charge in [0.2, 0.25) is 0 Å². The molecule has 0 aliphatic carbocycles. The Morgan fingerprint density at radius 3 is 2.78 bits per heavy atom. The van der Waals surface area contributed by atoms with E-state index >= 15 is 0 Å². The van der Waals surface area contributed by atoms with Gasteiger partial charge in [-0.2, -0.15) is 0 Å². The topological polar surface area (TPSA) is 30.5 Å². The van der Waals surface area contributed by atoms with Crippen molar-refractivity contribution < 1.29 is 9.47 Å². The molecule has 18 heavy (non-hydrogen) atoms. The highest BCUT2D eigenvalue weighted by molar-refractivity contribution is 5.33. The zero-order chi connectivity index (χ0) is 13.2. The summed E-state index contributed by atoms with van der Waals surface area (Å²) in [6, 6.07) is 8.24. The molecule has 0 aromatic heterocycles. The minimum atomic E-state index is 0.181. The number of nitrogens with one attached hydrogen (secondary N) is 1. The van der Waals surface area contributed by atoms with Gasteiger partial charge in [-0.3, -0.25) is 0 Å². The van der Waals surface area contributed by atoms with Crippen molar-refractivity contribution >= 4 is 0 Å². The van der Waals surface area contributed by atoms with Crippen LogP contribution in [0.15, 0.2) is 24.3 Å². The molecule has 0 spiro atoms. The van der Waals surface area contributed by atoms with Crippen molar-refractivity contribution in [1.82, 2.24) is 5.32 Å². The van der Waals surface area contributed by atoms with Gasteiger partial charge < -0.3 is 14.8 Å². The first-order valence-corrected chi connectivity index (χ1v) is 6.72. The molecule has 0 radical (unpaired) electrons. The molecule has 1 aromatic rings. The summed E-state index contributed by atoms with van der Waals surface area (Å²) in [6.07, 6.45) is 2.22. The molecular formula is C15H25NO2. The molecule has 3 nitrogen and oxygen atoms in total. The summed E-state index contributed by atoms with van der Waals surface area (Å²) in [5.74, 6) is 1.01. The third-order valence-electron chi connectivity index (χ3n) is 2.82. The Balaban J connectivity index is 2.28. The number of ether oxygens (including phenoxy) is 2. The molecule has 1 unspecified atom stereocenters. The number of hydrogen-bond acceptors (Lipinski definition) is 3. The van der Waals surface area contributed by atoms with Crippen LogP contribution in [0.4, 0.5) is 0 Å². The molecule has 0 fully saturated rings. The number of methoxy groups -OCH3 is 1. The van der Waals surface area contributed by atoms with Crippen LogP contribution < -0.4 is 10.1 Å². The van der Waals surface area contributed by atoms with Gasteiger partial charge in [0.1, 0.15) is 11.9 Å². The fourth-order valence-corrected chi connectivity index (χ4v) is 1.82. The predicted molar refractivity (Wildman–Crippen MR) is 75.3 cm³/mol. The smallest absolute Gasteiger partial charge is 0.122 e. The Kier molecular flexibility index (Phi) is 7.46. The van der Waals surface area contributed by atoms with Crippen molar-refractivity contribution in [2.24, 2.45) is 0 Å². The van der Waals surface area contributed by atoms with Crippen LogP contribution in [-0.2, 0) is 11.2 Å². The number of benzene rings is 1. The minimum absolute atomic E-state index is 0.181. The van der Waals surface area contributed by atoms with Gasteiger partial charge in [-0.05, 0) is 37.9 Å². The largest absolute Gasteiger partial charge is 0.489 e. The molecule has 102 valence electrons. The fourth-order valence-electron chi connectivity index (χ4n) is 1.82. The molecule has 0 saturated carbocycles. The first kappa shape index (κ1) is 15.0. The lowest BCUT2D eigenvalue weighted by Crippen LogP contribution is -2.30. The zero-order valence-corrected chi connectivity index (χ0v) is 11.7. The van der Waals surface area contributed by atoms with Crippen LogP contribution in [0.2, 0.25) is 0 Å². The van der Waals surface area contributed by atoms with Crippen LogP contribution in [-0.4, -0.2) is 32.9 Å². The van der Waals surface area contributed by atoms with Crippen molar-refractivity contribution in [3.63, 3.8) is 0 Å². The molecule has 0 aliphatic rings. The van der Waals surface area contributed by atoms with Gasteiger partial charge in [0.15, 0.2) is 0 Å². The van der Waals surface area contributed by atoms with Gasteiger partial charge in [-0.25, -0.2) is 0 Å². The summed E-state index contributed by atoms with van der Waals surface area (Å²) in [5.41, 5.74) is 1.27. The number of para-hydroxylation sites is 1. The normalized spacial score (nSPS) is 12.4. The average molecular weight is 251 g/mol. The van der Waals surface area contributed by atoms with Crippen LogP contribution >= 0.6 is 0 Å². The second-order valence-corrected chi connectivity index (χ2v) is 4.44. The molecule has 0 amide bonds. The van der Waals surface area contributed by atoms with E-state index in [1.165, 1.54) is 5.56 Å². The molecule has 1 rings (SSSR count). The van der Waals surface area contributed by atoms with E-state index < -0.39 is 0 Å². The van der Waals surface area contributed by atoms with E-state index in [2.05, 4.69) is 31.3 Å². The Bertz CT molecular complexity index is 328. The SMILES string of the molecule is CCc1ccccc1OC(C)CNCCCOC. The van der Waals surface area contributed by atoms with Crippen molar-refractivity contribution in [1.29, 1.82) is 0 Å². The highest BCUT2D eigenvalue weighted by atomic mass is 16.5. The Morgan fingerprint density at radius 1 is 1.28 bits per heavy atom. The standard InChI is InChI=1S/C15H25NO2/c1-4-14-8-5-6-9-15(14)18-13(2)12-16-10-7-11-17-3/h5-6,8-9,13,16H,4,7,10-12H2,1-3H3. The maximum absolute atomic E-state index is 5.95. The molecule has 3 heteroatoms. The second kappa shape index (κ2) is 8.95. The van der Waals surface area contributed by atoms with Crippen LogP contribution in [0, 0.1) is 0 Å². The van der Waals surface area contributed by atoms with Gasteiger partial charge in [0, 0.05) is 20.3 Å². The number of hydrogen-bond donors (Lipinski definition) is 1. The van der Waals surface area contributed by atoms with Gasteiger partial charge in [0.05, 0.1) is 0 Å². The van der Waals surface area contributed by atoms with E-state index in [4.69, 9.17) is 9.47 Å². The van der Waals surface area contributed by atoms with E-state index in [0.29, 0.717) is 0 Å². The molecule has 0 heterocycles. The van der Waals surface area contributed by atoms with Gasteiger partial charge in [-0.15, -0.1) is 0 Å². The average Bonchev–Trinajstić information content (AvgIpc) is 2.39. The third kappa shape index (κ3) is 5.52. The molecule has 1 N–H and O–H groups in total. The lowest BCUT2D eigenvalue weighted by Gasteiger charge is -2.17. The summed E-state index contributed by atoms with van der Waals surface area (Å²) < 4.78 is 11.0. The molecular weight excluding hydrogens is 226 g/mol. The maximum atomic E-state index is 5.95. The molecule has 1 aromatic carbocycles. The van der Waals surface area contributed by atoms with E-state index in [1.54, 1.807) is 7.11 Å². The Hall–Kier alpha value is -1.06. The number of aryl methyl sites for hydroxylation is 1. The highest BCUT2D eigenvalue weighted by Crippen LogP contribution is 2.19. The van der Waals surface area contributed by atoms with E-state index in [-0.39, 0.29) is 6.10 Å². The van der Waals surface area contributed by atoms with Crippen molar-refractivity contribution in [3.8, 4) is 5.75 Å². The summed E-state index contributed by atoms with van der Waals surface area (Å²) in [6.45, 7) is 6.88. The summed E-state index contributed by atoms with van der Waals surface area (Å²) >= 11 is 0. The lowest BCUT2D eigenvalue weighted by atomic mass is 10.1. The molecule has 1 atom stereocenters. The first-order valence-electron chi connectivity index (χ1n) is 6.72. The van der Waals surface area contributed by atoms with Crippen molar-refractivity contribution in [2.45, 2.75) is 32.8 Å². The maximum Gasteiger partial charge on any atom is 0.122 e. The Labute approximate surface area is 110 Å². The summed E-state index contributed by atoms with van der Waals surface area (Å²) in [4.78, 5) is 0. The van der Waals surface area contributed by atoms with E-state index in [0.717, 1.165) is 38.3 Å². The fraction of sp³-hybridized carbons (Fsp3) is 0.600. The quantitative estimate of drug-likeness (QED) is 0.684. The predicted octanol–water partition coefficient (Wildman–Crippen LogP) is 2.64. The van der Waals surface area contributed by atoms with Crippen LogP contribution in [0.1, 0.15) is 25.8 Å². The van der Waals surface area contributed by atoms with Gasteiger partial charge in [0.25, 0.3) is 0 Å². The zero-order valence-electron chi connectivity index (χ0n) is 11.7. The first-order chi connectivity index (χ1) is 8.77. The van der Waals surface area contributed by atoms with Gasteiger partial charge in [-0.1, -0.05) is 25.1 Å². The molecule has 0 saturated heterocycles. The van der Waals surface area contributed by atoms with E-state index in [1.807, 2.05) is 12.1 Å². The van der Waals surface area contributed by atoms with Gasteiger partial charge >= 0.3 is 0 Å². The molecule has 0 bridgehead atoms. The highest BCUT2D eigenvalue weighted by Gasteiger charge is 2.06. The molecule has 0 aliphatic heterocycles. The second-order valence-electron chi connectivity index (χ2n) is 4.44. The summed E-state index contributed by atoms with van der Waals surface area (Å²) in [7, 11) is 1.73.